The summed E-state index contributed by atoms with van der Waals surface area (Å²) in [5.41, 5.74) is 1.31. The molecule has 1 N–H and O–H groups in total. The maximum absolute atomic E-state index is 12.3. The molecular weight excluding hydrogens is 246 g/mol. The van der Waals surface area contributed by atoms with Crippen LogP contribution < -0.4 is 0 Å². The molecule has 1 fully saturated rings. The van der Waals surface area contributed by atoms with Crippen LogP contribution in [0.5, 0.6) is 0 Å². The molecule has 1 aromatic heterocycles. The number of nitrogens with zero attached hydrogens (tertiary/aromatic N) is 1. The van der Waals surface area contributed by atoms with Gasteiger partial charge in [-0.15, -0.1) is 11.3 Å². The molecule has 0 spiro atoms. The molecule has 100 valence electrons. The smallest absolute Gasteiger partial charge is 0.263 e. The second-order valence-electron chi connectivity index (χ2n) is 5.03. The van der Waals surface area contributed by atoms with Crippen molar-refractivity contribution in [2.24, 2.45) is 5.92 Å². The number of carbonyl (C=O) groups excluding carboxylic acids is 1. The summed E-state index contributed by atoms with van der Waals surface area (Å²) in [5, 5.41) is 9.12. The molecule has 18 heavy (non-hydrogen) atoms. The highest BCUT2D eigenvalue weighted by Crippen LogP contribution is 2.26. The minimum atomic E-state index is 0.140. The van der Waals surface area contributed by atoms with E-state index in [-0.39, 0.29) is 18.4 Å². The molecule has 1 atom stereocenters. The predicted octanol–water partition coefficient (Wildman–Crippen LogP) is 2.46. The Morgan fingerprint density at radius 1 is 1.61 bits per heavy atom. The van der Waals surface area contributed by atoms with Crippen molar-refractivity contribution >= 4 is 17.2 Å². The van der Waals surface area contributed by atoms with Crippen LogP contribution in [0.2, 0.25) is 0 Å². The number of rotatable bonds is 4. The zero-order chi connectivity index (χ0) is 13.1. The quantitative estimate of drug-likeness (QED) is 0.910. The van der Waals surface area contributed by atoms with E-state index in [9.17, 15) is 4.79 Å². The Labute approximate surface area is 112 Å². The van der Waals surface area contributed by atoms with Gasteiger partial charge in [0.25, 0.3) is 5.91 Å². The second-order valence-corrected chi connectivity index (χ2v) is 6.29. The number of aryl methyl sites for hydroxylation is 2. The van der Waals surface area contributed by atoms with E-state index in [1.54, 1.807) is 11.3 Å². The van der Waals surface area contributed by atoms with Crippen molar-refractivity contribution in [2.75, 3.05) is 19.7 Å². The molecule has 2 rings (SSSR count). The summed E-state index contributed by atoms with van der Waals surface area (Å²) in [6.07, 6.45) is 3.09. The molecule has 4 heteroatoms. The van der Waals surface area contributed by atoms with Gasteiger partial charge in [-0.25, -0.2) is 0 Å². The highest BCUT2D eigenvalue weighted by atomic mass is 32.1. The summed E-state index contributed by atoms with van der Waals surface area (Å²) in [6.45, 7) is 5.92. The first-order valence-corrected chi connectivity index (χ1v) is 7.46. The summed E-state index contributed by atoms with van der Waals surface area (Å²) in [5.74, 6) is 0.409. The first-order valence-electron chi connectivity index (χ1n) is 6.65. The molecule has 3 nitrogen and oxygen atoms in total. The molecule has 1 saturated heterocycles. The summed E-state index contributed by atoms with van der Waals surface area (Å²) in [6, 6.07) is 2.05. The number of hydrogen-bond acceptors (Lipinski definition) is 3. The van der Waals surface area contributed by atoms with Crippen molar-refractivity contribution in [3.05, 3.63) is 21.4 Å². The first kappa shape index (κ1) is 13.6. The number of aliphatic hydroxyl groups is 1. The van der Waals surface area contributed by atoms with Gasteiger partial charge >= 0.3 is 0 Å². The van der Waals surface area contributed by atoms with Crippen LogP contribution in [-0.4, -0.2) is 35.6 Å². The average molecular weight is 267 g/mol. The van der Waals surface area contributed by atoms with E-state index < -0.39 is 0 Å². The molecule has 0 bridgehead atoms. The lowest BCUT2D eigenvalue weighted by molar-refractivity contribution is 0.0786. The van der Waals surface area contributed by atoms with Gasteiger partial charge < -0.3 is 10.0 Å². The third-order valence-electron chi connectivity index (χ3n) is 3.58. The average Bonchev–Trinajstić information content (AvgIpc) is 2.96. The highest BCUT2D eigenvalue weighted by molar-refractivity contribution is 7.14. The minimum Gasteiger partial charge on any atom is -0.396 e. The van der Waals surface area contributed by atoms with Crippen LogP contribution in [0.1, 0.15) is 39.9 Å². The van der Waals surface area contributed by atoms with E-state index in [2.05, 4.69) is 19.9 Å². The summed E-state index contributed by atoms with van der Waals surface area (Å²) in [4.78, 5) is 16.3. The van der Waals surface area contributed by atoms with Gasteiger partial charge in [0.2, 0.25) is 0 Å². The van der Waals surface area contributed by atoms with Crippen LogP contribution in [0.25, 0.3) is 0 Å². The molecule has 1 amide bonds. The van der Waals surface area contributed by atoms with Gasteiger partial charge in [-0.3, -0.25) is 4.79 Å². The van der Waals surface area contributed by atoms with Crippen molar-refractivity contribution < 1.29 is 9.90 Å². The Morgan fingerprint density at radius 3 is 3.00 bits per heavy atom. The van der Waals surface area contributed by atoms with Crippen LogP contribution in [0, 0.1) is 12.8 Å². The van der Waals surface area contributed by atoms with E-state index >= 15 is 0 Å². The fraction of sp³-hybridized carbons (Fsp3) is 0.643. The molecule has 2 heterocycles. The topological polar surface area (TPSA) is 40.5 Å². The molecule has 0 saturated carbocycles. The van der Waals surface area contributed by atoms with Crippen molar-refractivity contribution in [1.29, 1.82) is 0 Å². The lowest BCUT2D eigenvalue weighted by Crippen LogP contribution is -2.28. The Balaban J connectivity index is 2.07. The number of aliphatic hydroxyl groups excluding tert-OH is 1. The van der Waals surface area contributed by atoms with Gasteiger partial charge in [-0.1, -0.05) is 13.3 Å². The maximum atomic E-state index is 12.3. The maximum Gasteiger partial charge on any atom is 0.263 e. The number of amides is 1. The standard InChI is InChI=1S/C14H21NO2S/c1-3-4-12-7-13(18-10(12)2)14(17)15-6-5-11(8-15)9-16/h7,11,16H,3-6,8-9H2,1-2H3. The summed E-state index contributed by atoms with van der Waals surface area (Å²) in [7, 11) is 0. The number of thiophene rings is 1. The van der Waals surface area contributed by atoms with Crippen LogP contribution in [-0.2, 0) is 6.42 Å². The van der Waals surface area contributed by atoms with E-state index in [0.717, 1.165) is 30.7 Å². The van der Waals surface area contributed by atoms with Gasteiger partial charge in [0, 0.05) is 30.5 Å². The monoisotopic (exact) mass is 267 g/mol. The molecular formula is C14H21NO2S. The Bertz CT molecular complexity index is 427. The van der Waals surface area contributed by atoms with Gasteiger partial charge in [0.05, 0.1) is 4.88 Å². The lowest BCUT2D eigenvalue weighted by Gasteiger charge is -2.14. The largest absolute Gasteiger partial charge is 0.396 e. The highest BCUT2D eigenvalue weighted by Gasteiger charge is 2.27. The normalized spacial score (nSPS) is 19.5. The zero-order valence-electron chi connectivity index (χ0n) is 11.1. The van der Waals surface area contributed by atoms with Gasteiger partial charge in [0.1, 0.15) is 0 Å². The summed E-state index contributed by atoms with van der Waals surface area (Å²) < 4.78 is 0. The number of likely N-dealkylation sites (tertiary alicyclic amines) is 1. The van der Waals surface area contributed by atoms with Crippen LogP contribution >= 0.6 is 11.3 Å². The first-order chi connectivity index (χ1) is 8.65. The summed E-state index contributed by atoms with van der Waals surface area (Å²) >= 11 is 1.60. The van der Waals surface area contributed by atoms with Crippen molar-refractivity contribution in [2.45, 2.75) is 33.1 Å². The van der Waals surface area contributed by atoms with E-state index in [0.29, 0.717) is 6.54 Å². The molecule has 1 unspecified atom stereocenters. The van der Waals surface area contributed by atoms with E-state index in [4.69, 9.17) is 5.11 Å². The second kappa shape index (κ2) is 5.85. The van der Waals surface area contributed by atoms with Crippen LogP contribution in [0.4, 0.5) is 0 Å². The van der Waals surface area contributed by atoms with Crippen molar-refractivity contribution in [3.63, 3.8) is 0 Å². The minimum absolute atomic E-state index is 0.140. The lowest BCUT2D eigenvalue weighted by atomic mass is 10.1. The third-order valence-corrected chi connectivity index (χ3v) is 4.66. The fourth-order valence-corrected chi connectivity index (χ4v) is 3.50. The molecule has 0 aromatic carbocycles. The number of hydrogen-bond donors (Lipinski definition) is 1. The molecule has 1 aromatic rings. The van der Waals surface area contributed by atoms with Crippen LogP contribution in [0.3, 0.4) is 0 Å². The van der Waals surface area contributed by atoms with Gasteiger partial charge in [-0.2, -0.15) is 0 Å². The third kappa shape index (κ3) is 2.75. The SMILES string of the molecule is CCCc1cc(C(=O)N2CCC(CO)C2)sc1C. The molecule has 1 aliphatic rings. The zero-order valence-corrected chi connectivity index (χ0v) is 11.9. The Morgan fingerprint density at radius 2 is 2.39 bits per heavy atom. The Kier molecular flexibility index (Phi) is 4.40. The predicted molar refractivity (Wildman–Crippen MR) is 74.1 cm³/mol. The van der Waals surface area contributed by atoms with E-state index in [1.165, 1.54) is 10.4 Å². The molecule has 0 radical (unpaired) electrons. The fourth-order valence-electron chi connectivity index (χ4n) is 2.46. The van der Waals surface area contributed by atoms with Crippen LogP contribution in [0.15, 0.2) is 6.07 Å². The van der Waals surface area contributed by atoms with E-state index in [1.807, 2.05) is 4.90 Å². The molecule has 0 aliphatic carbocycles. The number of carbonyl (C=O) groups is 1. The van der Waals surface area contributed by atoms with Gasteiger partial charge in [0.15, 0.2) is 0 Å². The van der Waals surface area contributed by atoms with Gasteiger partial charge in [-0.05, 0) is 31.4 Å². The van der Waals surface area contributed by atoms with Crippen molar-refractivity contribution in [1.82, 2.24) is 4.90 Å². The molecule has 1 aliphatic heterocycles. The van der Waals surface area contributed by atoms with Crippen molar-refractivity contribution in [3.8, 4) is 0 Å². The Hall–Kier alpha value is -0.870.